The topological polar surface area (TPSA) is 17.8 Å². The van der Waals surface area contributed by atoms with Gasteiger partial charge in [-0.15, -0.1) is 35.9 Å². The molecule has 0 atom stereocenters. The predicted molar refractivity (Wildman–Crippen MR) is 135 cm³/mol. The molecule has 0 amide bonds. The normalized spacial score (nSPS) is 10.8. The van der Waals surface area contributed by atoms with Crippen LogP contribution in [-0.2, 0) is 26.5 Å². The number of benzene rings is 3. The van der Waals surface area contributed by atoms with Crippen molar-refractivity contribution >= 4 is 0 Å². The first kappa shape index (κ1) is 25.1. The number of aromatic nitrogens is 2. The summed E-state index contributed by atoms with van der Waals surface area (Å²) in [5.74, 6) is 0.975. The Bertz CT molecular complexity index is 1170. The molecule has 0 bridgehead atoms. The predicted octanol–water partition coefficient (Wildman–Crippen LogP) is 8.05. The third kappa shape index (κ3) is 5.37. The number of nitrogens with zero attached hydrogens (tertiary/aromatic N) is 2. The largest absolute Gasteiger partial charge is 0.333 e. The first-order valence-electron chi connectivity index (χ1n) is 11.8. The molecule has 0 spiro atoms. The van der Waals surface area contributed by atoms with Gasteiger partial charge in [0.1, 0.15) is 0 Å². The Hall–Kier alpha value is -2.48. The van der Waals surface area contributed by atoms with Crippen LogP contribution in [0.25, 0.3) is 28.3 Å². The molecule has 0 unspecified atom stereocenters. The quantitative estimate of drug-likeness (QED) is 0.145. The zero-order valence-corrected chi connectivity index (χ0v) is 22.5. The van der Waals surface area contributed by atoms with Crippen LogP contribution in [0.4, 0.5) is 0 Å². The van der Waals surface area contributed by atoms with Crippen LogP contribution in [0.15, 0.2) is 66.7 Å². The monoisotopic (exact) mass is 614 g/mol. The van der Waals surface area contributed by atoms with Crippen LogP contribution >= 0.6 is 0 Å². The second kappa shape index (κ2) is 11.6. The Morgan fingerprint density at radius 3 is 2.15 bits per heavy atom. The Labute approximate surface area is 212 Å². The van der Waals surface area contributed by atoms with Crippen LogP contribution in [-0.4, -0.2) is 9.55 Å². The second-order valence-electron chi connectivity index (χ2n) is 8.71. The van der Waals surface area contributed by atoms with Gasteiger partial charge >= 0.3 is 0 Å². The second-order valence-corrected chi connectivity index (χ2v) is 8.71. The summed E-state index contributed by atoms with van der Waals surface area (Å²) in [6, 6.07) is 26.8. The molecular formula is C30H33IrN2-. The maximum Gasteiger partial charge on any atom is 0.0672 e. The Balaban J connectivity index is 0.00000306. The van der Waals surface area contributed by atoms with Crippen LogP contribution in [0.3, 0.4) is 0 Å². The molecule has 173 valence electrons. The number of hydrogen-bond acceptors (Lipinski definition) is 1. The van der Waals surface area contributed by atoms with E-state index in [4.69, 9.17) is 4.98 Å². The van der Waals surface area contributed by atoms with Crippen molar-refractivity contribution in [2.45, 2.75) is 59.8 Å². The van der Waals surface area contributed by atoms with Crippen LogP contribution in [0.1, 0.15) is 55.0 Å². The van der Waals surface area contributed by atoms with Crippen molar-refractivity contribution in [1.82, 2.24) is 9.55 Å². The number of imidazole rings is 1. The fraction of sp³-hybridized carbons (Fsp3) is 0.300. The van der Waals surface area contributed by atoms with Crippen molar-refractivity contribution in [3.63, 3.8) is 0 Å². The van der Waals surface area contributed by atoms with Gasteiger partial charge in [0.15, 0.2) is 0 Å². The van der Waals surface area contributed by atoms with Crippen molar-refractivity contribution in [1.29, 1.82) is 0 Å². The van der Waals surface area contributed by atoms with E-state index in [0.717, 1.165) is 24.2 Å². The Morgan fingerprint density at radius 1 is 0.788 bits per heavy atom. The van der Waals surface area contributed by atoms with E-state index in [0.29, 0.717) is 0 Å². The first-order valence-corrected chi connectivity index (χ1v) is 11.8. The number of unbranched alkanes of at least 4 members (excludes halogenated alkanes) is 3. The van der Waals surface area contributed by atoms with E-state index in [1.807, 2.05) is 12.1 Å². The van der Waals surface area contributed by atoms with Crippen molar-refractivity contribution in [3.8, 4) is 28.3 Å². The number of aryl methyl sites for hydroxylation is 4. The van der Waals surface area contributed by atoms with E-state index >= 15 is 0 Å². The summed E-state index contributed by atoms with van der Waals surface area (Å²) >= 11 is 0. The van der Waals surface area contributed by atoms with E-state index < -0.39 is 0 Å². The fourth-order valence-corrected chi connectivity index (χ4v) is 4.57. The van der Waals surface area contributed by atoms with Crippen LogP contribution in [0.5, 0.6) is 0 Å². The summed E-state index contributed by atoms with van der Waals surface area (Å²) in [5, 5.41) is 0. The Morgan fingerprint density at radius 2 is 1.48 bits per heavy atom. The van der Waals surface area contributed by atoms with Crippen molar-refractivity contribution in [2.24, 2.45) is 0 Å². The maximum atomic E-state index is 5.29. The van der Waals surface area contributed by atoms with Crippen LogP contribution in [0.2, 0.25) is 0 Å². The molecule has 4 rings (SSSR count). The standard InChI is InChI=1S/C30H33N2.Ir/c1-5-6-7-11-20-26-29(28-23(3)16-14-17-24(28)4)32(27-21-13-12-15-22(27)2)30(31-26)25-18-9-8-10-19-25;/h8-10,12-18,21H,5-7,11,20H2,1-4H3;/q-1;. The smallest absolute Gasteiger partial charge is 0.0672 e. The summed E-state index contributed by atoms with van der Waals surface area (Å²) in [7, 11) is 0. The summed E-state index contributed by atoms with van der Waals surface area (Å²) in [6.07, 6.45) is 5.91. The number of hydrogen-bond donors (Lipinski definition) is 0. The van der Waals surface area contributed by atoms with Crippen LogP contribution < -0.4 is 0 Å². The van der Waals surface area contributed by atoms with E-state index in [2.05, 4.69) is 92.9 Å². The molecule has 0 N–H and O–H groups in total. The first-order chi connectivity index (χ1) is 15.6. The van der Waals surface area contributed by atoms with Crippen molar-refractivity contribution in [2.75, 3.05) is 0 Å². The molecule has 3 aromatic carbocycles. The van der Waals surface area contributed by atoms with Crippen LogP contribution in [0, 0.1) is 26.8 Å². The van der Waals surface area contributed by atoms with Gasteiger partial charge in [0, 0.05) is 31.4 Å². The van der Waals surface area contributed by atoms with Crippen molar-refractivity contribution < 1.29 is 20.1 Å². The van der Waals surface area contributed by atoms with E-state index in [1.54, 1.807) is 0 Å². The molecule has 4 aromatic rings. The van der Waals surface area contributed by atoms with Gasteiger partial charge in [-0.3, -0.25) is 4.98 Å². The maximum absolute atomic E-state index is 5.29. The fourth-order valence-electron chi connectivity index (χ4n) is 4.57. The van der Waals surface area contributed by atoms with Gasteiger partial charge in [-0.25, -0.2) is 0 Å². The Kier molecular flexibility index (Phi) is 8.83. The molecule has 1 radical (unpaired) electrons. The minimum absolute atomic E-state index is 0. The SMILES string of the molecule is CCCCCCc1nc(-c2[c-]cccc2)n(-c2ccccc2C)c1-c1c(C)cccc1C.[Ir]. The van der Waals surface area contributed by atoms with E-state index in [1.165, 1.54) is 58.6 Å². The molecule has 33 heavy (non-hydrogen) atoms. The zero-order valence-electron chi connectivity index (χ0n) is 20.1. The van der Waals surface area contributed by atoms with Crippen molar-refractivity contribution in [3.05, 3.63) is 95.2 Å². The molecular weight excluding hydrogens is 581 g/mol. The van der Waals surface area contributed by atoms with Gasteiger partial charge in [0.25, 0.3) is 0 Å². The van der Waals surface area contributed by atoms with E-state index in [9.17, 15) is 0 Å². The number of para-hydroxylation sites is 1. The molecule has 1 aromatic heterocycles. The molecule has 1 heterocycles. The average Bonchev–Trinajstić information content (AvgIpc) is 3.16. The van der Waals surface area contributed by atoms with E-state index in [-0.39, 0.29) is 20.1 Å². The van der Waals surface area contributed by atoms with Gasteiger partial charge in [-0.1, -0.05) is 62.6 Å². The molecule has 0 saturated carbocycles. The van der Waals surface area contributed by atoms with Gasteiger partial charge in [-0.2, -0.15) is 0 Å². The van der Waals surface area contributed by atoms with Gasteiger partial charge < -0.3 is 4.57 Å². The molecule has 0 fully saturated rings. The number of rotatable bonds is 8. The summed E-state index contributed by atoms with van der Waals surface area (Å²) in [4.78, 5) is 5.29. The van der Waals surface area contributed by atoms with Gasteiger partial charge in [0.2, 0.25) is 0 Å². The average molecular weight is 614 g/mol. The summed E-state index contributed by atoms with van der Waals surface area (Å²) in [5.41, 5.74) is 9.76. The van der Waals surface area contributed by atoms with Gasteiger partial charge in [-0.05, 0) is 56.4 Å². The minimum Gasteiger partial charge on any atom is -0.333 e. The molecule has 0 aliphatic rings. The molecule has 3 heteroatoms. The molecule has 0 aliphatic heterocycles. The van der Waals surface area contributed by atoms with Gasteiger partial charge in [0.05, 0.1) is 17.2 Å². The summed E-state index contributed by atoms with van der Waals surface area (Å²) < 4.78 is 2.38. The summed E-state index contributed by atoms with van der Waals surface area (Å²) in [6.45, 7) is 8.88. The zero-order chi connectivity index (χ0) is 22.5. The molecule has 0 aliphatic carbocycles. The molecule has 2 nitrogen and oxygen atoms in total. The minimum atomic E-state index is 0. The third-order valence-electron chi connectivity index (χ3n) is 6.24. The molecule has 0 saturated heterocycles. The third-order valence-corrected chi connectivity index (χ3v) is 6.24.